The summed E-state index contributed by atoms with van der Waals surface area (Å²) in [6.07, 6.45) is 0.156. The number of aliphatic carboxylic acids is 1. The number of phenols is 1. The van der Waals surface area contributed by atoms with Gasteiger partial charge in [-0.3, -0.25) is 24.6 Å². The van der Waals surface area contributed by atoms with E-state index in [-0.39, 0.29) is 24.6 Å². The molecule has 2 amide bonds. The van der Waals surface area contributed by atoms with Gasteiger partial charge in [0.1, 0.15) is 17.0 Å². The van der Waals surface area contributed by atoms with Gasteiger partial charge in [-0.15, -0.1) is 0 Å². The minimum Gasteiger partial charge on any atom is -0.508 e. The molecule has 0 aromatic heterocycles. The van der Waals surface area contributed by atoms with Gasteiger partial charge in [-0.25, -0.2) is 0 Å². The van der Waals surface area contributed by atoms with Crippen molar-refractivity contribution in [1.82, 2.24) is 10.2 Å². The smallest absolute Gasteiger partial charge is 0.324 e. The van der Waals surface area contributed by atoms with Crippen LogP contribution < -0.4 is 10.1 Å². The van der Waals surface area contributed by atoms with Crippen molar-refractivity contribution in [3.05, 3.63) is 59.7 Å². The first kappa shape index (κ1) is 22.8. The van der Waals surface area contributed by atoms with E-state index in [1.165, 1.54) is 13.2 Å². The number of carbonyl (C=O) groups is 3. The molecule has 0 bridgehead atoms. The molecule has 2 saturated heterocycles. The Morgan fingerprint density at radius 1 is 1.15 bits per heavy atom. The Morgan fingerprint density at radius 3 is 2.45 bits per heavy atom. The van der Waals surface area contributed by atoms with E-state index in [9.17, 15) is 24.6 Å². The second kappa shape index (κ2) is 8.51. The number of likely N-dealkylation sites (tertiary alicyclic amines) is 1. The van der Waals surface area contributed by atoms with Crippen LogP contribution in [-0.4, -0.2) is 45.5 Å². The number of hydrogen-bond acceptors (Lipinski definition) is 6. The number of carboxylic acids is 1. The van der Waals surface area contributed by atoms with E-state index >= 15 is 0 Å². The molecule has 2 aliphatic heterocycles. The summed E-state index contributed by atoms with van der Waals surface area (Å²) in [6.45, 7) is 3.82. The average molecular weight is 453 g/mol. The van der Waals surface area contributed by atoms with Crippen LogP contribution in [0.25, 0.3) is 0 Å². The average Bonchev–Trinajstić information content (AvgIpc) is 3.24. The Balaban J connectivity index is 1.83. The van der Waals surface area contributed by atoms with Crippen LogP contribution in [0.1, 0.15) is 37.4 Å². The number of imide groups is 1. The van der Waals surface area contributed by atoms with Gasteiger partial charge in [0.15, 0.2) is 0 Å². The molecule has 0 spiro atoms. The van der Waals surface area contributed by atoms with Crippen molar-refractivity contribution >= 4 is 17.8 Å². The Kier molecular flexibility index (Phi) is 5.88. The lowest BCUT2D eigenvalue weighted by molar-refractivity contribution is -0.152. The third kappa shape index (κ3) is 3.74. The monoisotopic (exact) mass is 452 g/mol. The van der Waals surface area contributed by atoms with Crippen LogP contribution in [0, 0.1) is 17.8 Å². The summed E-state index contributed by atoms with van der Waals surface area (Å²) in [6, 6.07) is 12.8. The predicted octanol–water partition coefficient (Wildman–Crippen LogP) is 2.72. The number of nitrogens with zero attached hydrogens (tertiary/aromatic N) is 1. The lowest BCUT2D eigenvalue weighted by Crippen LogP contribution is -2.56. The van der Waals surface area contributed by atoms with Crippen molar-refractivity contribution in [3.8, 4) is 11.5 Å². The van der Waals surface area contributed by atoms with Crippen LogP contribution in [0.4, 0.5) is 0 Å². The molecule has 33 heavy (non-hydrogen) atoms. The van der Waals surface area contributed by atoms with E-state index in [1.807, 2.05) is 44.2 Å². The molecule has 8 heteroatoms. The molecule has 0 unspecified atom stereocenters. The molecule has 2 aromatic rings. The van der Waals surface area contributed by atoms with Gasteiger partial charge in [0.2, 0.25) is 11.8 Å². The molecular formula is C25H28N2O6. The quantitative estimate of drug-likeness (QED) is 0.553. The Labute approximate surface area is 192 Å². The number of carboxylic acid groups (broad SMARTS) is 1. The van der Waals surface area contributed by atoms with Crippen LogP contribution in [0.5, 0.6) is 11.5 Å². The maximum absolute atomic E-state index is 13.6. The maximum Gasteiger partial charge on any atom is 0.324 e. The lowest BCUT2D eigenvalue weighted by atomic mass is 9.75. The molecule has 2 heterocycles. The first-order chi connectivity index (χ1) is 15.7. The number of carbonyl (C=O) groups excluding carboxylic acids is 2. The summed E-state index contributed by atoms with van der Waals surface area (Å²) in [7, 11) is 1.48. The minimum absolute atomic E-state index is 0.0574. The van der Waals surface area contributed by atoms with Gasteiger partial charge < -0.3 is 14.9 Å². The van der Waals surface area contributed by atoms with Crippen LogP contribution in [-0.2, 0) is 20.9 Å². The largest absolute Gasteiger partial charge is 0.508 e. The molecular weight excluding hydrogens is 424 g/mol. The van der Waals surface area contributed by atoms with Gasteiger partial charge in [0.25, 0.3) is 0 Å². The van der Waals surface area contributed by atoms with Crippen LogP contribution >= 0.6 is 0 Å². The van der Waals surface area contributed by atoms with Crippen molar-refractivity contribution in [2.75, 3.05) is 7.11 Å². The van der Waals surface area contributed by atoms with Crippen LogP contribution in [0.3, 0.4) is 0 Å². The highest BCUT2D eigenvalue weighted by Crippen LogP contribution is 2.52. The molecule has 0 radical (unpaired) electrons. The summed E-state index contributed by atoms with van der Waals surface area (Å²) < 4.78 is 5.28. The highest BCUT2D eigenvalue weighted by Gasteiger charge is 2.68. The van der Waals surface area contributed by atoms with E-state index in [0.717, 1.165) is 10.5 Å². The fraction of sp³-hybridized carbons (Fsp3) is 0.400. The molecule has 0 aliphatic carbocycles. The molecule has 8 nitrogen and oxygen atoms in total. The minimum atomic E-state index is -1.64. The number of fused-ring (bicyclic) bond motifs is 1. The molecule has 0 saturated carbocycles. The van der Waals surface area contributed by atoms with Crippen molar-refractivity contribution in [2.24, 2.45) is 17.8 Å². The van der Waals surface area contributed by atoms with Gasteiger partial charge >= 0.3 is 5.97 Å². The number of ether oxygens (including phenoxy) is 1. The Morgan fingerprint density at radius 2 is 1.85 bits per heavy atom. The summed E-state index contributed by atoms with van der Waals surface area (Å²) in [5.41, 5.74) is -0.534. The number of benzene rings is 2. The highest BCUT2D eigenvalue weighted by molar-refractivity contribution is 6.09. The number of methoxy groups -OCH3 is 1. The van der Waals surface area contributed by atoms with E-state index in [2.05, 4.69) is 5.32 Å². The number of phenolic OH excluding ortho intramolecular Hbond substituents is 1. The third-order valence-electron chi connectivity index (χ3n) is 6.61. The molecule has 2 aromatic carbocycles. The Bertz CT molecular complexity index is 1090. The first-order valence-electron chi connectivity index (χ1n) is 11.0. The molecule has 4 atom stereocenters. The summed E-state index contributed by atoms with van der Waals surface area (Å²) in [5, 5.41) is 24.1. The second-order valence-electron chi connectivity index (χ2n) is 9.17. The zero-order valence-corrected chi connectivity index (χ0v) is 18.8. The van der Waals surface area contributed by atoms with Crippen molar-refractivity contribution in [3.63, 3.8) is 0 Å². The third-order valence-corrected chi connectivity index (χ3v) is 6.61. The number of amides is 2. The topological polar surface area (TPSA) is 116 Å². The zero-order valence-electron chi connectivity index (χ0n) is 18.8. The van der Waals surface area contributed by atoms with Crippen LogP contribution in [0.2, 0.25) is 0 Å². The normalized spacial score (nSPS) is 26.7. The standard InChI is InChI=1S/C25H28N2O6/c1-14(2)12-25(24(31)32)20-19(21(26-25)17-11-16(33-3)9-10-18(17)28)22(29)27(23(20)30)13-15-7-5-4-6-8-15/h4-11,14,19-21,26,28H,12-13H2,1-3H3,(H,31,32)/t19-,20+,21-,25-/m0/s1. The summed E-state index contributed by atoms with van der Waals surface area (Å²) >= 11 is 0. The van der Waals surface area contributed by atoms with Crippen molar-refractivity contribution in [2.45, 2.75) is 38.4 Å². The molecule has 4 rings (SSSR count). The number of hydrogen-bond donors (Lipinski definition) is 3. The SMILES string of the molecule is COc1ccc(O)c([C@@H]2N[C@](CC(C)C)(C(=O)O)[C@H]3C(=O)N(Cc4ccccc4)C(=O)[C@H]23)c1. The van der Waals surface area contributed by atoms with E-state index < -0.39 is 41.2 Å². The zero-order chi connectivity index (χ0) is 23.9. The number of aromatic hydroxyl groups is 1. The Hall–Kier alpha value is -3.39. The van der Waals surface area contributed by atoms with Gasteiger partial charge in [-0.2, -0.15) is 0 Å². The lowest BCUT2D eigenvalue weighted by Gasteiger charge is -2.32. The molecule has 3 N–H and O–H groups in total. The second-order valence-corrected chi connectivity index (χ2v) is 9.17. The number of nitrogens with one attached hydrogen (secondary N) is 1. The fourth-order valence-electron chi connectivity index (χ4n) is 5.28. The molecule has 2 aliphatic rings. The van der Waals surface area contributed by atoms with Gasteiger partial charge in [-0.05, 0) is 36.1 Å². The van der Waals surface area contributed by atoms with Gasteiger partial charge in [-0.1, -0.05) is 44.2 Å². The van der Waals surface area contributed by atoms with Crippen LogP contribution in [0.15, 0.2) is 48.5 Å². The van der Waals surface area contributed by atoms with Gasteiger partial charge in [0, 0.05) is 11.6 Å². The summed E-state index contributed by atoms with van der Waals surface area (Å²) in [5.74, 6) is -3.89. The first-order valence-corrected chi connectivity index (χ1v) is 11.0. The molecule has 174 valence electrons. The van der Waals surface area contributed by atoms with E-state index in [1.54, 1.807) is 12.1 Å². The molecule has 2 fully saturated rings. The van der Waals surface area contributed by atoms with E-state index in [0.29, 0.717) is 11.3 Å². The van der Waals surface area contributed by atoms with Crippen molar-refractivity contribution in [1.29, 1.82) is 0 Å². The van der Waals surface area contributed by atoms with Crippen molar-refractivity contribution < 1.29 is 29.3 Å². The fourth-order valence-corrected chi connectivity index (χ4v) is 5.28. The summed E-state index contributed by atoms with van der Waals surface area (Å²) in [4.78, 5) is 41.0. The highest BCUT2D eigenvalue weighted by atomic mass is 16.5. The maximum atomic E-state index is 13.6. The predicted molar refractivity (Wildman–Crippen MR) is 119 cm³/mol. The number of rotatable bonds is 7. The van der Waals surface area contributed by atoms with E-state index in [4.69, 9.17) is 4.74 Å². The van der Waals surface area contributed by atoms with Gasteiger partial charge in [0.05, 0.1) is 25.5 Å².